The van der Waals surface area contributed by atoms with Crippen LogP contribution in [0.2, 0.25) is 0 Å². The van der Waals surface area contributed by atoms with E-state index in [9.17, 15) is 4.79 Å². The maximum absolute atomic E-state index is 10.4. The molecule has 3 nitrogen and oxygen atoms in total. The normalized spacial score (nSPS) is 20.5. The minimum Gasteiger partial charge on any atom is -0.368 e. The Morgan fingerprint density at radius 2 is 1.91 bits per heavy atom. The highest BCUT2D eigenvalue weighted by atomic mass is 35.5. The quantitative estimate of drug-likeness (QED) is 0.680. The molecule has 1 saturated heterocycles. The third-order valence-electron chi connectivity index (χ3n) is 1.40. The van der Waals surface area contributed by atoms with E-state index in [1.54, 1.807) is 0 Å². The van der Waals surface area contributed by atoms with Crippen molar-refractivity contribution in [1.82, 2.24) is 5.32 Å². The van der Waals surface area contributed by atoms with Crippen LogP contribution in [-0.4, -0.2) is 18.5 Å². The van der Waals surface area contributed by atoms with E-state index in [4.69, 9.17) is 5.73 Å². The standard InChI is InChI=1S/C5H10N2O.3ClH/c6-5(8)4-2-1-3-7-4;;;/h4,7H,1-3H2,(H2,6,8);3*1H. The van der Waals surface area contributed by atoms with Crippen molar-refractivity contribution >= 4 is 43.1 Å². The van der Waals surface area contributed by atoms with Gasteiger partial charge in [0.1, 0.15) is 0 Å². The molecule has 1 aliphatic rings. The molecular weight excluding hydrogens is 210 g/mol. The van der Waals surface area contributed by atoms with Gasteiger partial charge in [0, 0.05) is 0 Å². The number of primary amides is 1. The highest BCUT2D eigenvalue weighted by Crippen LogP contribution is 2.02. The van der Waals surface area contributed by atoms with Crippen LogP contribution in [0.1, 0.15) is 12.8 Å². The van der Waals surface area contributed by atoms with Crippen molar-refractivity contribution in [1.29, 1.82) is 0 Å². The van der Waals surface area contributed by atoms with E-state index in [1.165, 1.54) is 0 Å². The Labute approximate surface area is 84.7 Å². The van der Waals surface area contributed by atoms with E-state index in [1.807, 2.05) is 0 Å². The van der Waals surface area contributed by atoms with E-state index < -0.39 is 0 Å². The van der Waals surface area contributed by atoms with Crippen LogP contribution in [0.25, 0.3) is 0 Å². The molecule has 0 bridgehead atoms. The molecule has 0 spiro atoms. The van der Waals surface area contributed by atoms with Crippen LogP contribution in [0.15, 0.2) is 0 Å². The fourth-order valence-electron chi connectivity index (χ4n) is 0.927. The molecule has 0 radical (unpaired) electrons. The number of hydrogen-bond acceptors (Lipinski definition) is 2. The van der Waals surface area contributed by atoms with Gasteiger partial charge in [-0.1, -0.05) is 0 Å². The van der Waals surface area contributed by atoms with Gasteiger partial charge in [0.2, 0.25) is 5.91 Å². The third kappa shape index (κ3) is 5.56. The van der Waals surface area contributed by atoms with E-state index >= 15 is 0 Å². The van der Waals surface area contributed by atoms with Crippen molar-refractivity contribution in [3.8, 4) is 0 Å². The number of amides is 1. The number of carbonyl (C=O) groups is 1. The molecule has 0 aromatic rings. The molecule has 3 N–H and O–H groups in total. The molecule has 1 rings (SSSR count). The summed E-state index contributed by atoms with van der Waals surface area (Å²) in [6.07, 6.45) is 1.99. The van der Waals surface area contributed by atoms with Crippen molar-refractivity contribution in [2.24, 2.45) is 5.73 Å². The summed E-state index contributed by atoms with van der Waals surface area (Å²) in [5.74, 6) is -0.220. The molecule has 11 heavy (non-hydrogen) atoms. The van der Waals surface area contributed by atoms with E-state index in [-0.39, 0.29) is 49.2 Å². The second-order valence-electron chi connectivity index (χ2n) is 2.05. The summed E-state index contributed by atoms with van der Waals surface area (Å²) in [5, 5.41) is 2.98. The van der Waals surface area contributed by atoms with Crippen LogP contribution in [0.3, 0.4) is 0 Å². The molecule has 0 saturated carbocycles. The lowest BCUT2D eigenvalue weighted by atomic mass is 10.2. The lowest BCUT2D eigenvalue weighted by Gasteiger charge is -2.01. The van der Waals surface area contributed by atoms with Gasteiger partial charge < -0.3 is 11.1 Å². The maximum Gasteiger partial charge on any atom is 0.234 e. The van der Waals surface area contributed by atoms with E-state index in [2.05, 4.69) is 5.32 Å². The maximum atomic E-state index is 10.4. The van der Waals surface area contributed by atoms with Crippen LogP contribution >= 0.6 is 37.2 Å². The van der Waals surface area contributed by atoms with Crippen molar-refractivity contribution in [2.45, 2.75) is 18.9 Å². The molecule has 0 aromatic heterocycles. The second-order valence-corrected chi connectivity index (χ2v) is 2.05. The van der Waals surface area contributed by atoms with Gasteiger partial charge in [-0.2, -0.15) is 0 Å². The molecule has 0 aliphatic carbocycles. The first kappa shape index (κ1) is 17.4. The summed E-state index contributed by atoms with van der Waals surface area (Å²) >= 11 is 0. The Bertz CT molecular complexity index is 106. The Morgan fingerprint density at radius 1 is 1.36 bits per heavy atom. The minimum atomic E-state index is -0.220. The zero-order valence-electron chi connectivity index (χ0n) is 5.91. The third-order valence-corrected chi connectivity index (χ3v) is 1.40. The average molecular weight is 224 g/mol. The zero-order valence-corrected chi connectivity index (χ0v) is 8.36. The largest absolute Gasteiger partial charge is 0.368 e. The summed E-state index contributed by atoms with van der Waals surface area (Å²) in [6.45, 7) is 0.938. The van der Waals surface area contributed by atoms with Gasteiger partial charge in [0.05, 0.1) is 6.04 Å². The molecule has 1 atom stereocenters. The van der Waals surface area contributed by atoms with E-state index in [0.717, 1.165) is 19.4 Å². The van der Waals surface area contributed by atoms with Crippen LogP contribution in [0.4, 0.5) is 0 Å². The molecule has 1 amide bonds. The summed E-state index contributed by atoms with van der Waals surface area (Å²) in [6, 6.07) is -0.0463. The van der Waals surface area contributed by atoms with Gasteiger partial charge in [-0.05, 0) is 19.4 Å². The van der Waals surface area contributed by atoms with Crippen LogP contribution in [-0.2, 0) is 4.79 Å². The van der Waals surface area contributed by atoms with Gasteiger partial charge in [-0.15, -0.1) is 37.2 Å². The molecule has 6 heteroatoms. The lowest BCUT2D eigenvalue weighted by Crippen LogP contribution is -2.36. The molecule has 1 fully saturated rings. The highest BCUT2D eigenvalue weighted by Gasteiger charge is 2.18. The summed E-state index contributed by atoms with van der Waals surface area (Å²) in [5.41, 5.74) is 5.00. The van der Waals surface area contributed by atoms with Crippen molar-refractivity contribution in [2.75, 3.05) is 6.54 Å². The van der Waals surface area contributed by atoms with Crippen LogP contribution in [0, 0.1) is 0 Å². The van der Waals surface area contributed by atoms with Crippen molar-refractivity contribution in [3.63, 3.8) is 0 Å². The smallest absolute Gasteiger partial charge is 0.234 e. The number of nitrogens with two attached hydrogens (primary N) is 1. The Balaban J connectivity index is -0.000000213. The molecular formula is C5H13Cl3N2O. The van der Waals surface area contributed by atoms with Crippen molar-refractivity contribution < 1.29 is 4.79 Å². The number of carbonyl (C=O) groups excluding carboxylic acids is 1. The summed E-state index contributed by atoms with van der Waals surface area (Å²) < 4.78 is 0. The van der Waals surface area contributed by atoms with E-state index in [0.29, 0.717) is 0 Å². The Hall–Kier alpha value is 0.300. The van der Waals surface area contributed by atoms with Gasteiger partial charge in [0.25, 0.3) is 0 Å². The fourth-order valence-corrected chi connectivity index (χ4v) is 0.927. The first-order valence-electron chi connectivity index (χ1n) is 2.83. The first-order valence-corrected chi connectivity index (χ1v) is 2.83. The lowest BCUT2D eigenvalue weighted by molar-refractivity contribution is -0.119. The predicted molar refractivity (Wildman–Crippen MR) is 52.0 cm³/mol. The number of rotatable bonds is 1. The van der Waals surface area contributed by atoms with Gasteiger partial charge in [-0.3, -0.25) is 4.79 Å². The predicted octanol–water partition coefficient (Wildman–Crippen LogP) is 0.489. The number of hydrogen-bond donors (Lipinski definition) is 2. The average Bonchev–Trinajstić information content (AvgIpc) is 2.12. The van der Waals surface area contributed by atoms with Gasteiger partial charge in [-0.25, -0.2) is 0 Å². The molecule has 1 heterocycles. The Morgan fingerprint density at radius 3 is 2.09 bits per heavy atom. The summed E-state index contributed by atoms with van der Waals surface area (Å²) in [4.78, 5) is 10.4. The topological polar surface area (TPSA) is 55.1 Å². The van der Waals surface area contributed by atoms with Gasteiger partial charge in [0.15, 0.2) is 0 Å². The fraction of sp³-hybridized carbons (Fsp3) is 0.800. The second kappa shape index (κ2) is 8.40. The van der Waals surface area contributed by atoms with Crippen LogP contribution < -0.4 is 11.1 Å². The SMILES string of the molecule is Cl.Cl.Cl.NC(=O)C1CCCN1. The monoisotopic (exact) mass is 222 g/mol. The first-order chi connectivity index (χ1) is 3.80. The molecule has 0 aromatic carbocycles. The Kier molecular flexibility index (Phi) is 13.3. The van der Waals surface area contributed by atoms with Crippen LogP contribution in [0.5, 0.6) is 0 Å². The zero-order chi connectivity index (χ0) is 5.98. The highest BCUT2D eigenvalue weighted by molar-refractivity contribution is 5.86. The minimum absolute atomic E-state index is 0. The van der Waals surface area contributed by atoms with Crippen molar-refractivity contribution in [3.05, 3.63) is 0 Å². The number of halogens is 3. The molecule has 1 aliphatic heterocycles. The van der Waals surface area contributed by atoms with Gasteiger partial charge >= 0.3 is 0 Å². The molecule has 70 valence electrons. The summed E-state index contributed by atoms with van der Waals surface area (Å²) in [7, 11) is 0. The number of nitrogens with one attached hydrogen (secondary N) is 1. The molecule has 1 unspecified atom stereocenters.